The van der Waals surface area contributed by atoms with Crippen molar-refractivity contribution >= 4 is 23.6 Å². The van der Waals surface area contributed by atoms with Crippen LogP contribution in [-0.2, 0) is 14.9 Å². The molecule has 1 N–H and O–H groups in total. The Bertz CT molecular complexity index is 784. The number of nitrogens with one attached hydrogen (secondary N) is 1. The van der Waals surface area contributed by atoms with Gasteiger partial charge in [-0.05, 0) is 40.8 Å². The van der Waals surface area contributed by atoms with Crippen LogP contribution in [0.2, 0.25) is 0 Å². The second kappa shape index (κ2) is 7.79. The number of carbonyl (C=O) groups excluding carboxylic acids is 2. The number of hydrogen-bond acceptors (Lipinski definition) is 3. The minimum Gasteiger partial charge on any atom is -0.465 e. The smallest absolute Gasteiger partial charge is 0.337 e. The van der Waals surface area contributed by atoms with Crippen molar-refractivity contribution in [3.05, 3.63) is 71.3 Å². The summed E-state index contributed by atoms with van der Waals surface area (Å²) in [6, 6.07) is 14.6. The third kappa shape index (κ3) is 5.05. The van der Waals surface area contributed by atoms with Gasteiger partial charge in [0.25, 0.3) is 0 Å². The summed E-state index contributed by atoms with van der Waals surface area (Å²) in [7, 11) is 1.34. The van der Waals surface area contributed by atoms with E-state index in [1.165, 1.54) is 13.2 Å². The van der Waals surface area contributed by atoms with E-state index in [2.05, 4.69) is 30.8 Å². The molecule has 130 valence electrons. The van der Waals surface area contributed by atoms with Crippen molar-refractivity contribution in [3.8, 4) is 0 Å². The highest BCUT2D eigenvalue weighted by atomic mass is 16.5. The van der Waals surface area contributed by atoms with Gasteiger partial charge in [-0.1, -0.05) is 51.1 Å². The molecule has 0 atom stereocenters. The summed E-state index contributed by atoms with van der Waals surface area (Å²) in [6.07, 6.45) is 3.18. The molecule has 0 saturated heterocycles. The summed E-state index contributed by atoms with van der Waals surface area (Å²) in [5.41, 5.74) is 3.14. The molecule has 4 heteroatoms. The number of para-hydroxylation sites is 1. The highest BCUT2D eigenvalue weighted by Crippen LogP contribution is 2.29. The van der Waals surface area contributed by atoms with Crippen LogP contribution in [-0.4, -0.2) is 19.0 Å². The Morgan fingerprint density at radius 3 is 2.24 bits per heavy atom. The van der Waals surface area contributed by atoms with Crippen LogP contribution >= 0.6 is 0 Å². The number of amides is 1. The summed E-state index contributed by atoms with van der Waals surface area (Å²) < 4.78 is 4.66. The van der Waals surface area contributed by atoms with Gasteiger partial charge in [-0.2, -0.15) is 0 Å². The molecule has 0 aliphatic carbocycles. The third-order valence-corrected chi connectivity index (χ3v) is 3.75. The van der Waals surface area contributed by atoms with Gasteiger partial charge in [0.05, 0.1) is 12.7 Å². The summed E-state index contributed by atoms with van der Waals surface area (Å²) in [4.78, 5) is 23.6. The zero-order valence-corrected chi connectivity index (χ0v) is 15.0. The molecule has 1 amide bonds. The van der Waals surface area contributed by atoms with Crippen molar-refractivity contribution < 1.29 is 14.3 Å². The van der Waals surface area contributed by atoms with E-state index in [4.69, 9.17) is 0 Å². The molecular weight excluding hydrogens is 314 g/mol. The first-order chi connectivity index (χ1) is 11.8. The lowest BCUT2D eigenvalue weighted by Gasteiger charge is -2.22. The lowest BCUT2D eigenvalue weighted by atomic mass is 9.86. The van der Waals surface area contributed by atoms with E-state index in [9.17, 15) is 9.59 Å². The van der Waals surface area contributed by atoms with Gasteiger partial charge in [-0.25, -0.2) is 4.79 Å². The van der Waals surface area contributed by atoms with Crippen molar-refractivity contribution in [1.29, 1.82) is 0 Å². The Morgan fingerprint density at radius 2 is 1.64 bits per heavy atom. The van der Waals surface area contributed by atoms with Gasteiger partial charge in [0, 0.05) is 11.8 Å². The van der Waals surface area contributed by atoms with Gasteiger partial charge in [-0.15, -0.1) is 0 Å². The first-order valence-electron chi connectivity index (χ1n) is 8.08. The maximum Gasteiger partial charge on any atom is 0.337 e. The second-order valence-electron chi connectivity index (χ2n) is 6.73. The topological polar surface area (TPSA) is 55.4 Å². The van der Waals surface area contributed by atoms with Gasteiger partial charge in [0.15, 0.2) is 0 Å². The third-order valence-electron chi connectivity index (χ3n) is 3.75. The molecule has 0 heterocycles. The minimum absolute atomic E-state index is 0.0582. The summed E-state index contributed by atoms with van der Waals surface area (Å²) in [6.45, 7) is 6.32. The molecule has 0 fully saturated rings. The quantitative estimate of drug-likeness (QED) is 0.663. The highest BCUT2D eigenvalue weighted by molar-refractivity contribution is 6.02. The largest absolute Gasteiger partial charge is 0.465 e. The molecule has 25 heavy (non-hydrogen) atoms. The SMILES string of the molecule is COC(=O)c1ccc(/C=C/C(=O)Nc2ccccc2C(C)(C)C)cc1. The fraction of sp³-hybridized carbons (Fsp3) is 0.238. The van der Waals surface area contributed by atoms with Gasteiger partial charge < -0.3 is 10.1 Å². The zero-order chi connectivity index (χ0) is 18.4. The molecular formula is C21H23NO3. The number of anilines is 1. The molecule has 4 nitrogen and oxygen atoms in total. The summed E-state index contributed by atoms with van der Waals surface area (Å²) in [5, 5.41) is 2.93. The molecule has 0 unspecified atom stereocenters. The number of benzene rings is 2. The van der Waals surface area contributed by atoms with Crippen LogP contribution in [0.5, 0.6) is 0 Å². The predicted molar refractivity (Wildman–Crippen MR) is 101 cm³/mol. The molecule has 0 bridgehead atoms. The predicted octanol–water partition coefficient (Wildman–Crippen LogP) is 4.42. The zero-order valence-electron chi connectivity index (χ0n) is 15.0. The highest BCUT2D eigenvalue weighted by Gasteiger charge is 2.17. The van der Waals surface area contributed by atoms with Crippen molar-refractivity contribution in [3.63, 3.8) is 0 Å². The molecule has 0 aromatic heterocycles. The van der Waals surface area contributed by atoms with Crippen molar-refractivity contribution in [2.75, 3.05) is 12.4 Å². The Balaban J connectivity index is 2.08. The van der Waals surface area contributed by atoms with Gasteiger partial charge in [-0.3, -0.25) is 4.79 Å². The molecule has 2 rings (SSSR count). The fourth-order valence-corrected chi connectivity index (χ4v) is 2.44. The molecule has 0 saturated carbocycles. The van der Waals surface area contributed by atoms with Crippen molar-refractivity contribution in [2.24, 2.45) is 0 Å². The Kier molecular flexibility index (Phi) is 5.75. The number of rotatable bonds is 4. The molecule has 0 aliphatic rings. The standard InChI is InChI=1S/C21H23NO3/c1-21(2,3)17-7-5-6-8-18(17)22-19(23)14-11-15-9-12-16(13-10-15)20(24)25-4/h5-14H,1-4H3,(H,22,23)/b14-11+. The molecule has 2 aromatic rings. The number of ether oxygens (including phenoxy) is 1. The van der Waals surface area contributed by atoms with Crippen LogP contribution < -0.4 is 5.32 Å². The van der Waals surface area contributed by atoms with E-state index in [-0.39, 0.29) is 17.3 Å². The van der Waals surface area contributed by atoms with Crippen LogP contribution in [0, 0.1) is 0 Å². The lowest BCUT2D eigenvalue weighted by molar-refractivity contribution is -0.111. The second-order valence-corrected chi connectivity index (χ2v) is 6.73. The first kappa shape index (κ1) is 18.5. The molecule has 0 aliphatic heterocycles. The average molecular weight is 337 g/mol. The first-order valence-corrected chi connectivity index (χ1v) is 8.08. The van der Waals surface area contributed by atoms with E-state index < -0.39 is 0 Å². The monoisotopic (exact) mass is 337 g/mol. The van der Waals surface area contributed by atoms with E-state index >= 15 is 0 Å². The summed E-state index contributed by atoms with van der Waals surface area (Å²) in [5.74, 6) is -0.583. The van der Waals surface area contributed by atoms with Crippen molar-refractivity contribution in [2.45, 2.75) is 26.2 Å². The maximum atomic E-state index is 12.2. The minimum atomic E-state index is -0.382. The molecule has 0 spiro atoms. The van der Waals surface area contributed by atoms with E-state index in [1.54, 1.807) is 30.3 Å². The van der Waals surface area contributed by atoms with E-state index in [0.717, 1.165) is 16.8 Å². The molecule has 2 aromatic carbocycles. The summed E-state index contributed by atoms with van der Waals surface area (Å²) >= 11 is 0. The maximum absolute atomic E-state index is 12.2. The number of hydrogen-bond donors (Lipinski definition) is 1. The Labute approximate surface area is 148 Å². The van der Waals surface area contributed by atoms with Crippen molar-refractivity contribution in [1.82, 2.24) is 0 Å². The average Bonchev–Trinajstić information content (AvgIpc) is 2.59. The van der Waals surface area contributed by atoms with Crippen LogP contribution in [0.4, 0.5) is 5.69 Å². The number of carbonyl (C=O) groups is 2. The normalized spacial score (nSPS) is 11.4. The number of methoxy groups -OCH3 is 1. The Hall–Kier alpha value is -2.88. The van der Waals surface area contributed by atoms with E-state index in [0.29, 0.717) is 5.56 Å². The van der Waals surface area contributed by atoms with Crippen LogP contribution in [0.1, 0.15) is 42.3 Å². The van der Waals surface area contributed by atoms with Gasteiger partial charge >= 0.3 is 5.97 Å². The van der Waals surface area contributed by atoms with Gasteiger partial charge in [0.1, 0.15) is 0 Å². The van der Waals surface area contributed by atoms with E-state index in [1.807, 2.05) is 24.3 Å². The molecule has 0 radical (unpaired) electrons. The Morgan fingerprint density at radius 1 is 1.00 bits per heavy atom. The van der Waals surface area contributed by atoms with Crippen LogP contribution in [0.15, 0.2) is 54.6 Å². The van der Waals surface area contributed by atoms with Gasteiger partial charge in [0.2, 0.25) is 5.91 Å². The van der Waals surface area contributed by atoms with Crippen LogP contribution in [0.3, 0.4) is 0 Å². The number of esters is 1. The fourth-order valence-electron chi connectivity index (χ4n) is 2.44. The lowest BCUT2D eigenvalue weighted by Crippen LogP contribution is -2.17. The van der Waals surface area contributed by atoms with Crippen LogP contribution in [0.25, 0.3) is 6.08 Å².